The van der Waals surface area contributed by atoms with Gasteiger partial charge in [0.25, 0.3) is 5.91 Å². The maximum Gasteiger partial charge on any atom is 0.338 e. The zero-order valence-electron chi connectivity index (χ0n) is 17.8. The first-order valence-corrected chi connectivity index (χ1v) is 9.92. The number of carbonyl (C=O) groups is 5. The van der Waals surface area contributed by atoms with E-state index in [1.807, 2.05) is 0 Å². The number of carbonyl (C=O) groups excluding carboxylic acids is 5. The van der Waals surface area contributed by atoms with Crippen molar-refractivity contribution in [2.75, 3.05) is 23.8 Å². The molecule has 0 saturated heterocycles. The van der Waals surface area contributed by atoms with Crippen LogP contribution in [0.3, 0.4) is 0 Å². The van der Waals surface area contributed by atoms with E-state index < -0.39 is 30.4 Å². The van der Waals surface area contributed by atoms with Crippen LogP contribution in [0.25, 0.3) is 0 Å². The van der Waals surface area contributed by atoms with Gasteiger partial charge in [0, 0.05) is 23.4 Å². The molecule has 0 aliphatic carbocycles. The minimum Gasteiger partial charge on any atom is -0.462 e. The quantitative estimate of drug-likeness (QED) is 0.429. The summed E-state index contributed by atoms with van der Waals surface area (Å²) in [4.78, 5) is 58.7. The van der Waals surface area contributed by atoms with E-state index in [0.717, 1.165) is 0 Å². The van der Waals surface area contributed by atoms with E-state index in [1.54, 1.807) is 37.3 Å². The lowest BCUT2D eigenvalue weighted by Crippen LogP contribution is -2.22. The molecule has 2 aromatic rings. The summed E-state index contributed by atoms with van der Waals surface area (Å²) < 4.78 is 9.75. The number of ether oxygens (including phenoxy) is 2. The summed E-state index contributed by atoms with van der Waals surface area (Å²) in [6.45, 7) is 2.87. The maximum atomic E-state index is 12.0. The minimum absolute atomic E-state index is 0.138. The Hall–Kier alpha value is -4.01. The Morgan fingerprint density at radius 3 is 2.12 bits per heavy atom. The molecule has 168 valence electrons. The van der Waals surface area contributed by atoms with Gasteiger partial charge in [-0.1, -0.05) is 12.1 Å². The molecule has 0 spiro atoms. The maximum absolute atomic E-state index is 12.0. The summed E-state index contributed by atoms with van der Waals surface area (Å²) in [5.41, 5.74) is 1.68. The molecule has 9 nitrogen and oxygen atoms in total. The SMILES string of the molecule is CCOC(=O)c1ccc(NC(=O)CCC(=O)OCC(=O)Nc2cccc(C(C)=O)c2)cc1. The van der Waals surface area contributed by atoms with Gasteiger partial charge in [-0.3, -0.25) is 19.2 Å². The molecule has 2 aromatic carbocycles. The molecule has 0 heterocycles. The summed E-state index contributed by atoms with van der Waals surface area (Å²) in [5, 5.41) is 5.13. The molecule has 0 bridgehead atoms. The number of ketones is 1. The summed E-state index contributed by atoms with van der Waals surface area (Å²) in [6, 6.07) is 12.5. The van der Waals surface area contributed by atoms with Gasteiger partial charge < -0.3 is 20.1 Å². The standard InChI is InChI=1S/C23H24N2O7/c1-3-31-23(30)16-7-9-18(10-8-16)24-20(27)11-12-22(29)32-14-21(28)25-19-6-4-5-17(13-19)15(2)26/h4-10,13H,3,11-12,14H2,1-2H3,(H,24,27)(H,25,28). The number of rotatable bonds is 10. The Morgan fingerprint density at radius 1 is 0.781 bits per heavy atom. The first-order valence-electron chi connectivity index (χ1n) is 9.92. The van der Waals surface area contributed by atoms with Gasteiger partial charge in [-0.25, -0.2) is 4.79 Å². The highest BCUT2D eigenvalue weighted by molar-refractivity contribution is 5.98. The number of hydrogen-bond donors (Lipinski definition) is 2. The topological polar surface area (TPSA) is 128 Å². The fourth-order valence-electron chi connectivity index (χ4n) is 2.57. The van der Waals surface area contributed by atoms with Crippen molar-refractivity contribution in [1.82, 2.24) is 0 Å². The molecular weight excluding hydrogens is 416 g/mol. The van der Waals surface area contributed by atoms with Crippen LogP contribution in [-0.2, 0) is 23.9 Å². The van der Waals surface area contributed by atoms with Gasteiger partial charge in [-0.15, -0.1) is 0 Å². The van der Waals surface area contributed by atoms with E-state index in [2.05, 4.69) is 10.6 Å². The van der Waals surface area contributed by atoms with Crippen molar-refractivity contribution in [3.63, 3.8) is 0 Å². The third kappa shape index (κ3) is 8.02. The van der Waals surface area contributed by atoms with Gasteiger partial charge in [-0.2, -0.15) is 0 Å². The zero-order chi connectivity index (χ0) is 23.5. The van der Waals surface area contributed by atoms with Crippen LogP contribution in [0, 0.1) is 0 Å². The number of nitrogens with one attached hydrogen (secondary N) is 2. The minimum atomic E-state index is -0.703. The molecule has 0 saturated carbocycles. The molecule has 9 heteroatoms. The Bertz CT molecular complexity index is 1000. The summed E-state index contributed by atoms with van der Waals surface area (Å²) >= 11 is 0. The molecule has 32 heavy (non-hydrogen) atoms. The molecule has 0 radical (unpaired) electrons. The average Bonchev–Trinajstić information content (AvgIpc) is 2.77. The number of amides is 2. The molecule has 0 fully saturated rings. The van der Waals surface area contributed by atoms with E-state index in [4.69, 9.17) is 9.47 Å². The number of Topliss-reactive ketones (excluding diaryl/α,β-unsaturated/α-hetero) is 1. The van der Waals surface area contributed by atoms with E-state index in [-0.39, 0.29) is 25.2 Å². The van der Waals surface area contributed by atoms with Crippen molar-refractivity contribution in [3.05, 3.63) is 59.7 Å². The van der Waals surface area contributed by atoms with Crippen LogP contribution in [0.4, 0.5) is 11.4 Å². The molecule has 0 aliphatic rings. The Labute approximate surface area is 185 Å². The molecule has 0 aliphatic heterocycles. The predicted molar refractivity (Wildman–Crippen MR) is 116 cm³/mol. The van der Waals surface area contributed by atoms with E-state index >= 15 is 0 Å². The summed E-state index contributed by atoms with van der Waals surface area (Å²) in [7, 11) is 0. The molecule has 0 aromatic heterocycles. The normalized spacial score (nSPS) is 10.1. The smallest absolute Gasteiger partial charge is 0.338 e. The van der Waals surface area contributed by atoms with E-state index in [1.165, 1.54) is 25.1 Å². The second-order valence-electron chi connectivity index (χ2n) is 6.69. The van der Waals surface area contributed by atoms with Crippen molar-refractivity contribution in [2.24, 2.45) is 0 Å². The van der Waals surface area contributed by atoms with Gasteiger partial charge in [-0.05, 0) is 50.2 Å². The van der Waals surface area contributed by atoms with Gasteiger partial charge in [0.15, 0.2) is 12.4 Å². The Kier molecular flexibility index (Phi) is 9.09. The molecule has 2 N–H and O–H groups in total. The van der Waals surface area contributed by atoms with Crippen LogP contribution in [-0.4, -0.2) is 42.7 Å². The number of benzene rings is 2. The van der Waals surface area contributed by atoms with Crippen LogP contribution in [0.15, 0.2) is 48.5 Å². The lowest BCUT2D eigenvalue weighted by molar-refractivity contribution is -0.147. The summed E-state index contributed by atoms with van der Waals surface area (Å²) in [6.07, 6.45) is -0.347. The molecular formula is C23H24N2O7. The van der Waals surface area contributed by atoms with Crippen LogP contribution in [0.5, 0.6) is 0 Å². The van der Waals surface area contributed by atoms with Crippen molar-refractivity contribution >= 4 is 40.9 Å². The third-order valence-electron chi connectivity index (χ3n) is 4.15. The van der Waals surface area contributed by atoms with E-state index in [0.29, 0.717) is 22.5 Å². The monoisotopic (exact) mass is 440 g/mol. The first-order chi connectivity index (χ1) is 15.3. The van der Waals surface area contributed by atoms with Gasteiger partial charge >= 0.3 is 11.9 Å². The highest BCUT2D eigenvalue weighted by Crippen LogP contribution is 2.12. The lowest BCUT2D eigenvalue weighted by Gasteiger charge is -2.08. The second-order valence-corrected chi connectivity index (χ2v) is 6.69. The van der Waals surface area contributed by atoms with Crippen LogP contribution >= 0.6 is 0 Å². The number of anilines is 2. The average molecular weight is 440 g/mol. The zero-order valence-corrected chi connectivity index (χ0v) is 17.8. The van der Waals surface area contributed by atoms with Crippen molar-refractivity contribution in [1.29, 1.82) is 0 Å². The van der Waals surface area contributed by atoms with Crippen molar-refractivity contribution in [2.45, 2.75) is 26.7 Å². The fraction of sp³-hybridized carbons (Fsp3) is 0.261. The molecule has 0 unspecified atom stereocenters. The third-order valence-corrected chi connectivity index (χ3v) is 4.15. The van der Waals surface area contributed by atoms with Crippen LogP contribution in [0.1, 0.15) is 47.4 Å². The van der Waals surface area contributed by atoms with Gasteiger partial charge in [0.1, 0.15) is 0 Å². The van der Waals surface area contributed by atoms with Crippen molar-refractivity contribution in [3.8, 4) is 0 Å². The number of hydrogen-bond acceptors (Lipinski definition) is 7. The Morgan fingerprint density at radius 2 is 1.47 bits per heavy atom. The first kappa shape index (κ1) is 24.3. The largest absolute Gasteiger partial charge is 0.462 e. The highest BCUT2D eigenvalue weighted by Gasteiger charge is 2.12. The van der Waals surface area contributed by atoms with Crippen LogP contribution < -0.4 is 10.6 Å². The molecule has 0 atom stereocenters. The summed E-state index contributed by atoms with van der Waals surface area (Å²) in [5.74, 6) is -2.28. The van der Waals surface area contributed by atoms with Crippen molar-refractivity contribution < 1.29 is 33.4 Å². The highest BCUT2D eigenvalue weighted by atomic mass is 16.5. The van der Waals surface area contributed by atoms with E-state index in [9.17, 15) is 24.0 Å². The van der Waals surface area contributed by atoms with Gasteiger partial charge in [0.05, 0.1) is 18.6 Å². The molecule has 2 rings (SSSR count). The van der Waals surface area contributed by atoms with Gasteiger partial charge in [0.2, 0.25) is 5.91 Å². The number of esters is 2. The second kappa shape index (κ2) is 12.0. The Balaban J connectivity index is 1.71. The lowest BCUT2D eigenvalue weighted by atomic mass is 10.1. The predicted octanol–water partition coefficient (Wildman–Crippen LogP) is 2.97. The van der Waals surface area contributed by atoms with Crippen LogP contribution in [0.2, 0.25) is 0 Å². The molecule has 2 amide bonds. The fourth-order valence-corrected chi connectivity index (χ4v) is 2.57.